The second-order valence-electron chi connectivity index (χ2n) is 4.72. The second kappa shape index (κ2) is 8.87. The number of aliphatic carboxylic acids is 1. The van der Waals surface area contributed by atoms with Gasteiger partial charge >= 0.3 is 5.97 Å². The van der Waals surface area contributed by atoms with Gasteiger partial charge in [0.2, 0.25) is 17.7 Å². The van der Waals surface area contributed by atoms with Crippen molar-refractivity contribution < 1.29 is 24.3 Å². The topological polar surface area (TPSA) is 173 Å². The van der Waals surface area contributed by atoms with E-state index in [0.717, 1.165) is 0 Å². The minimum absolute atomic E-state index is 0.131. The van der Waals surface area contributed by atoms with Crippen LogP contribution >= 0.6 is 0 Å². The Morgan fingerprint density at radius 1 is 0.905 bits per heavy atom. The Kier molecular flexibility index (Phi) is 7.94. The maximum atomic E-state index is 11.0. The molecule has 120 valence electrons. The van der Waals surface area contributed by atoms with Crippen LogP contribution in [-0.4, -0.2) is 77.4 Å². The Bertz CT molecular complexity index is 382. The van der Waals surface area contributed by atoms with Gasteiger partial charge in [-0.15, -0.1) is 0 Å². The molecule has 0 aliphatic rings. The van der Waals surface area contributed by atoms with Crippen molar-refractivity contribution in [2.75, 3.05) is 32.7 Å². The second-order valence-corrected chi connectivity index (χ2v) is 4.72. The molecule has 0 heterocycles. The smallest absolute Gasteiger partial charge is 0.317 e. The first kappa shape index (κ1) is 18.8. The van der Waals surface area contributed by atoms with E-state index in [1.54, 1.807) is 6.92 Å². The molecule has 0 rings (SSSR count). The molecule has 7 N–H and O–H groups in total. The van der Waals surface area contributed by atoms with Gasteiger partial charge < -0.3 is 22.3 Å². The molecule has 21 heavy (non-hydrogen) atoms. The van der Waals surface area contributed by atoms with Crippen LogP contribution in [0.25, 0.3) is 0 Å². The summed E-state index contributed by atoms with van der Waals surface area (Å²) in [5.41, 5.74) is 15.2. The van der Waals surface area contributed by atoms with Gasteiger partial charge in [0.25, 0.3) is 0 Å². The van der Waals surface area contributed by atoms with Crippen molar-refractivity contribution in [3.63, 3.8) is 0 Å². The van der Waals surface area contributed by atoms with Gasteiger partial charge in [0.1, 0.15) is 0 Å². The van der Waals surface area contributed by atoms with Crippen LogP contribution in [0.4, 0.5) is 0 Å². The molecule has 10 heteroatoms. The van der Waals surface area contributed by atoms with Crippen LogP contribution in [0.5, 0.6) is 0 Å². The third-order valence-corrected chi connectivity index (χ3v) is 2.60. The van der Waals surface area contributed by atoms with Gasteiger partial charge in [0.15, 0.2) is 0 Å². The summed E-state index contributed by atoms with van der Waals surface area (Å²) in [7, 11) is 0. The van der Waals surface area contributed by atoms with E-state index in [1.807, 2.05) is 0 Å². The highest BCUT2D eigenvalue weighted by atomic mass is 16.4. The van der Waals surface area contributed by atoms with Gasteiger partial charge in [-0.1, -0.05) is 0 Å². The molecule has 0 saturated carbocycles. The summed E-state index contributed by atoms with van der Waals surface area (Å²) < 4.78 is 0. The minimum Gasteiger partial charge on any atom is -0.480 e. The first-order valence-corrected chi connectivity index (χ1v) is 6.15. The van der Waals surface area contributed by atoms with Crippen LogP contribution in [0, 0.1) is 0 Å². The van der Waals surface area contributed by atoms with Gasteiger partial charge in [-0.25, -0.2) is 0 Å². The third kappa shape index (κ3) is 9.35. The van der Waals surface area contributed by atoms with E-state index in [9.17, 15) is 19.2 Å². The van der Waals surface area contributed by atoms with Gasteiger partial charge in [0.05, 0.1) is 26.2 Å². The van der Waals surface area contributed by atoms with Crippen molar-refractivity contribution >= 4 is 23.7 Å². The molecular formula is C11H21N5O5. The molecule has 0 radical (unpaired) electrons. The Morgan fingerprint density at radius 2 is 1.33 bits per heavy atom. The van der Waals surface area contributed by atoms with E-state index in [1.165, 1.54) is 9.80 Å². The van der Waals surface area contributed by atoms with Crippen molar-refractivity contribution in [2.24, 2.45) is 17.2 Å². The van der Waals surface area contributed by atoms with Crippen LogP contribution in [0.15, 0.2) is 0 Å². The summed E-state index contributed by atoms with van der Waals surface area (Å²) in [4.78, 5) is 46.3. The van der Waals surface area contributed by atoms with Crippen molar-refractivity contribution in [1.82, 2.24) is 9.80 Å². The number of hydrogen-bond donors (Lipinski definition) is 4. The zero-order chi connectivity index (χ0) is 16.6. The third-order valence-electron chi connectivity index (χ3n) is 2.60. The number of nitrogens with zero attached hydrogens (tertiary/aromatic N) is 2. The fourth-order valence-corrected chi connectivity index (χ4v) is 1.86. The number of hydrogen-bond acceptors (Lipinski definition) is 6. The van der Waals surface area contributed by atoms with Crippen LogP contribution < -0.4 is 17.2 Å². The summed E-state index contributed by atoms with van der Waals surface area (Å²) in [6.07, 6.45) is 0. The minimum atomic E-state index is -1.13. The van der Waals surface area contributed by atoms with Crippen molar-refractivity contribution in [3.05, 3.63) is 0 Å². The largest absolute Gasteiger partial charge is 0.480 e. The number of amides is 3. The number of primary amides is 3. The zero-order valence-electron chi connectivity index (χ0n) is 11.8. The van der Waals surface area contributed by atoms with Gasteiger partial charge in [-0.05, 0) is 6.92 Å². The molecule has 3 amide bonds. The molecule has 0 aromatic heterocycles. The normalized spacial score (nSPS) is 12.3. The van der Waals surface area contributed by atoms with E-state index >= 15 is 0 Å². The summed E-state index contributed by atoms with van der Waals surface area (Å²) in [5.74, 6) is -3.11. The molecule has 0 bridgehead atoms. The summed E-state index contributed by atoms with van der Waals surface area (Å²) >= 11 is 0. The maximum Gasteiger partial charge on any atom is 0.317 e. The predicted octanol–water partition coefficient (Wildman–Crippen LogP) is -3.48. The predicted molar refractivity (Wildman–Crippen MR) is 72.7 cm³/mol. The molecule has 0 saturated heterocycles. The zero-order valence-corrected chi connectivity index (χ0v) is 11.8. The molecular weight excluding hydrogens is 282 g/mol. The van der Waals surface area contributed by atoms with E-state index in [-0.39, 0.29) is 26.2 Å². The number of carbonyl (C=O) groups excluding carboxylic acids is 3. The molecule has 0 aromatic rings. The first-order valence-electron chi connectivity index (χ1n) is 6.15. The number of rotatable bonds is 11. The van der Waals surface area contributed by atoms with Crippen LogP contribution in [0.3, 0.4) is 0 Å². The van der Waals surface area contributed by atoms with E-state index in [0.29, 0.717) is 0 Å². The van der Waals surface area contributed by atoms with E-state index < -0.39 is 36.3 Å². The Hall–Kier alpha value is -2.20. The van der Waals surface area contributed by atoms with Crippen molar-refractivity contribution in [3.8, 4) is 0 Å². The maximum absolute atomic E-state index is 11.0. The van der Waals surface area contributed by atoms with Crippen LogP contribution in [0.2, 0.25) is 0 Å². The highest BCUT2D eigenvalue weighted by Gasteiger charge is 2.22. The van der Waals surface area contributed by atoms with Crippen LogP contribution in [-0.2, 0) is 19.2 Å². The quantitative estimate of drug-likeness (QED) is 0.306. The number of nitrogens with two attached hydrogens (primary N) is 3. The molecule has 0 unspecified atom stereocenters. The molecule has 0 aromatic carbocycles. The monoisotopic (exact) mass is 303 g/mol. The number of carboxylic acid groups (broad SMARTS) is 1. The lowest BCUT2D eigenvalue weighted by Gasteiger charge is -2.30. The standard InChI is InChI=1S/C11H21N5O5/c1-7(16(5-10(14)19)6-11(20)21)2-15(3-8(12)17)4-9(13)18/h7H,2-6H2,1H3,(H2,12,17)(H2,13,18)(H2,14,19)(H,20,21)/t7-/m0/s1. The SMILES string of the molecule is C[C@@H](CN(CC(N)=O)CC(N)=O)N(CC(N)=O)CC(=O)O. The van der Waals surface area contributed by atoms with Crippen molar-refractivity contribution in [1.29, 1.82) is 0 Å². The van der Waals surface area contributed by atoms with Crippen LogP contribution in [0.1, 0.15) is 6.92 Å². The van der Waals surface area contributed by atoms with Gasteiger partial charge in [-0.3, -0.25) is 29.0 Å². The Labute approximate surface area is 121 Å². The summed E-state index contributed by atoms with van der Waals surface area (Å²) in [5, 5.41) is 8.82. The van der Waals surface area contributed by atoms with E-state index in [4.69, 9.17) is 22.3 Å². The highest BCUT2D eigenvalue weighted by Crippen LogP contribution is 2.02. The molecule has 0 fully saturated rings. The van der Waals surface area contributed by atoms with Crippen molar-refractivity contribution in [2.45, 2.75) is 13.0 Å². The van der Waals surface area contributed by atoms with Gasteiger partial charge in [-0.2, -0.15) is 0 Å². The Balaban J connectivity index is 4.81. The first-order chi connectivity index (χ1) is 9.61. The molecule has 0 spiro atoms. The summed E-state index contributed by atoms with van der Waals surface area (Å²) in [6.45, 7) is 0.711. The molecule has 0 aliphatic carbocycles. The molecule has 0 aliphatic heterocycles. The lowest BCUT2D eigenvalue weighted by molar-refractivity contribution is -0.139. The Morgan fingerprint density at radius 3 is 1.67 bits per heavy atom. The highest BCUT2D eigenvalue weighted by molar-refractivity contribution is 5.79. The average Bonchev–Trinajstić information content (AvgIpc) is 2.24. The lowest BCUT2D eigenvalue weighted by atomic mass is 10.2. The average molecular weight is 303 g/mol. The molecule has 10 nitrogen and oxygen atoms in total. The number of carboxylic acids is 1. The fourth-order valence-electron chi connectivity index (χ4n) is 1.86. The van der Waals surface area contributed by atoms with Gasteiger partial charge in [0, 0.05) is 12.6 Å². The lowest BCUT2D eigenvalue weighted by Crippen LogP contribution is -2.50. The fraction of sp³-hybridized carbons (Fsp3) is 0.636. The molecule has 1 atom stereocenters. The number of carbonyl (C=O) groups is 4. The van der Waals surface area contributed by atoms with E-state index in [2.05, 4.69) is 0 Å². The summed E-state index contributed by atoms with van der Waals surface area (Å²) in [6, 6.07) is -0.452.